The number of nitrogens with zero attached hydrogens (tertiary/aromatic N) is 4. The van der Waals surface area contributed by atoms with Gasteiger partial charge in [-0.3, -0.25) is 14.2 Å². The molecule has 1 N–H and O–H groups in total. The fraction of sp³-hybridized carbons (Fsp3) is 0.429. The number of carbonyl (C=O) groups is 1. The van der Waals surface area contributed by atoms with E-state index in [2.05, 4.69) is 5.32 Å². The summed E-state index contributed by atoms with van der Waals surface area (Å²) in [5.74, 6) is -0.573. The standard InChI is InChI=1S/C21H23N5O6S/c22-11-16-13-25(17-3-4-17)21(29)26(20(16)28)14-19(27)23-12-15-1-5-18(6-2-15)33(30,31)24-7-9-32-10-8-24/h1-2,5-6,13,17H,3-4,7-10,12,14H2,(H,23,27). The van der Waals surface area contributed by atoms with Crippen molar-refractivity contribution in [2.24, 2.45) is 0 Å². The zero-order valence-electron chi connectivity index (χ0n) is 17.8. The maximum Gasteiger partial charge on any atom is 0.331 e. The first-order valence-corrected chi connectivity index (χ1v) is 11.9. The van der Waals surface area contributed by atoms with Crippen LogP contribution < -0.4 is 16.6 Å². The molecule has 1 aromatic heterocycles. The van der Waals surface area contributed by atoms with Gasteiger partial charge < -0.3 is 10.1 Å². The van der Waals surface area contributed by atoms with E-state index in [-0.39, 0.29) is 23.0 Å². The summed E-state index contributed by atoms with van der Waals surface area (Å²) in [7, 11) is -3.61. The van der Waals surface area contributed by atoms with Crippen LogP contribution in [0.4, 0.5) is 0 Å². The van der Waals surface area contributed by atoms with Crippen LogP contribution in [0.5, 0.6) is 0 Å². The third-order valence-electron chi connectivity index (χ3n) is 5.58. The third-order valence-corrected chi connectivity index (χ3v) is 7.49. The largest absolute Gasteiger partial charge is 0.379 e. The number of benzene rings is 1. The highest BCUT2D eigenvalue weighted by atomic mass is 32.2. The number of hydrogen-bond acceptors (Lipinski definition) is 7. The van der Waals surface area contributed by atoms with Crippen LogP contribution in [0.2, 0.25) is 0 Å². The van der Waals surface area contributed by atoms with Gasteiger partial charge in [0.25, 0.3) is 5.56 Å². The van der Waals surface area contributed by atoms with Gasteiger partial charge in [-0.25, -0.2) is 17.8 Å². The summed E-state index contributed by atoms with van der Waals surface area (Å²) in [6.07, 6.45) is 2.82. The Bertz CT molecular complexity index is 1310. The molecule has 0 bridgehead atoms. The summed E-state index contributed by atoms with van der Waals surface area (Å²) < 4.78 is 34.0. The number of ether oxygens (including phenoxy) is 1. The average Bonchev–Trinajstić information content (AvgIpc) is 3.67. The second-order valence-electron chi connectivity index (χ2n) is 7.90. The lowest BCUT2D eigenvalue weighted by molar-refractivity contribution is -0.121. The molecule has 1 aromatic carbocycles. The molecule has 0 radical (unpaired) electrons. The fourth-order valence-corrected chi connectivity index (χ4v) is 4.98. The van der Waals surface area contributed by atoms with Crippen LogP contribution in [-0.2, 0) is 32.6 Å². The molecule has 1 aliphatic carbocycles. The Balaban J connectivity index is 1.42. The van der Waals surface area contributed by atoms with Crippen LogP contribution in [0.25, 0.3) is 0 Å². The topological polar surface area (TPSA) is 143 Å². The summed E-state index contributed by atoms with van der Waals surface area (Å²) in [6.45, 7) is 0.887. The second kappa shape index (κ2) is 9.30. The van der Waals surface area contributed by atoms with Crippen molar-refractivity contribution in [2.45, 2.75) is 36.9 Å². The van der Waals surface area contributed by atoms with Gasteiger partial charge in [0, 0.05) is 31.9 Å². The van der Waals surface area contributed by atoms with Gasteiger partial charge in [0.05, 0.1) is 18.1 Å². The van der Waals surface area contributed by atoms with Crippen LogP contribution in [-0.4, -0.2) is 54.1 Å². The Labute approximate surface area is 189 Å². The van der Waals surface area contributed by atoms with Gasteiger partial charge in [0.2, 0.25) is 15.9 Å². The minimum absolute atomic E-state index is 0.0493. The van der Waals surface area contributed by atoms with Crippen LogP contribution in [0, 0.1) is 11.3 Å². The number of morpholine rings is 1. The SMILES string of the molecule is N#Cc1cn(C2CC2)c(=O)n(CC(=O)NCc2ccc(S(=O)(=O)N3CCOCC3)cc2)c1=O. The van der Waals surface area contributed by atoms with Crippen LogP contribution in [0.1, 0.15) is 30.0 Å². The van der Waals surface area contributed by atoms with E-state index < -0.39 is 33.7 Å². The summed E-state index contributed by atoms with van der Waals surface area (Å²) in [6, 6.07) is 7.86. The van der Waals surface area contributed by atoms with Crippen LogP contribution in [0.3, 0.4) is 0 Å². The first-order chi connectivity index (χ1) is 15.8. The van der Waals surface area contributed by atoms with Gasteiger partial charge in [0.1, 0.15) is 18.2 Å². The normalized spacial score (nSPS) is 16.8. The van der Waals surface area contributed by atoms with Gasteiger partial charge in [-0.05, 0) is 30.5 Å². The van der Waals surface area contributed by atoms with Crippen LogP contribution in [0.15, 0.2) is 44.9 Å². The molecule has 174 valence electrons. The van der Waals surface area contributed by atoms with Gasteiger partial charge >= 0.3 is 5.69 Å². The summed E-state index contributed by atoms with van der Waals surface area (Å²) >= 11 is 0. The number of hydrogen-bond donors (Lipinski definition) is 1. The zero-order valence-corrected chi connectivity index (χ0v) is 18.6. The lowest BCUT2D eigenvalue weighted by Gasteiger charge is -2.26. The maximum atomic E-state index is 12.7. The van der Waals surface area contributed by atoms with E-state index >= 15 is 0 Å². The number of rotatable bonds is 7. The van der Waals surface area contributed by atoms with Crippen molar-refractivity contribution in [2.75, 3.05) is 26.3 Å². The number of sulfonamides is 1. The minimum Gasteiger partial charge on any atom is -0.379 e. The van der Waals surface area contributed by atoms with E-state index in [4.69, 9.17) is 4.74 Å². The van der Waals surface area contributed by atoms with Gasteiger partial charge in [-0.2, -0.15) is 9.57 Å². The van der Waals surface area contributed by atoms with Gasteiger partial charge in [-0.15, -0.1) is 0 Å². The lowest BCUT2D eigenvalue weighted by atomic mass is 10.2. The molecular weight excluding hydrogens is 450 g/mol. The van der Waals surface area contributed by atoms with E-state index in [0.29, 0.717) is 31.9 Å². The average molecular weight is 474 g/mol. The first kappa shape index (κ1) is 22.9. The van der Waals surface area contributed by atoms with Crippen molar-refractivity contribution in [1.29, 1.82) is 5.26 Å². The van der Waals surface area contributed by atoms with Crippen molar-refractivity contribution in [3.05, 3.63) is 62.4 Å². The van der Waals surface area contributed by atoms with E-state index in [1.54, 1.807) is 18.2 Å². The van der Waals surface area contributed by atoms with Crippen molar-refractivity contribution in [3.63, 3.8) is 0 Å². The number of aromatic nitrogens is 2. The number of nitriles is 1. The fourth-order valence-electron chi connectivity index (χ4n) is 3.57. The number of nitrogens with one attached hydrogen (secondary N) is 1. The third kappa shape index (κ3) is 4.90. The molecule has 2 fully saturated rings. The first-order valence-electron chi connectivity index (χ1n) is 10.5. The molecule has 0 atom stereocenters. The Hall–Kier alpha value is -3.27. The highest BCUT2D eigenvalue weighted by Crippen LogP contribution is 2.33. The number of carbonyl (C=O) groups excluding carboxylic acids is 1. The summed E-state index contributed by atoms with van der Waals surface area (Å²) in [4.78, 5) is 37.5. The zero-order chi connectivity index (χ0) is 23.6. The molecule has 1 saturated heterocycles. The van der Waals surface area contributed by atoms with E-state index in [1.165, 1.54) is 27.2 Å². The summed E-state index contributed by atoms with van der Waals surface area (Å²) in [5.41, 5.74) is -0.953. The van der Waals surface area contributed by atoms with Crippen molar-refractivity contribution >= 4 is 15.9 Å². The Morgan fingerprint density at radius 2 is 1.82 bits per heavy atom. The molecule has 0 spiro atoms. The minimum atomic E-state index is -3.61. The van der Waals surface area contributed by atoms with E-state index in [9.17, 15) is 28.1 Å². The van der Waals surface area contributed by atoms with Crippen LogP contribution >= 0.6 is 0 Å². The van der Waals surface area contributed by atoms with Crippen molar-refractivity contribution in [1.82, 2.24) is 18.8 Å². The highest BCUT2D eigenvalue weighted by molar-refractivity contribution is 7.89. The Morgan fingerprint density at radius 1 is 1.15 bits per heavy atom. The number of amides is 1. The maximum absolute atomic E-state index is 12.7. The molecule has 12 heteroatoms. The highest BCUT2D eigenvalue weighted by Gasteiger charge is 2.28. The van der Waals surface area contributed by atoms with Gasteiger partial charge in [0.15, 0.2) is 0 Å². The molecule has 0 unspecified atom stereocenters. The molecule has 1 aliphatic heterocycles. The lowest BCUT2D eigenvalue weighted by Crippen LogP contribution is -2.44. The quantitative estimate of drug-likeness (QED) is 0.574. The predicted molar refractivity (Wildman–Crippen MR) is 116 cm³/mol. The second-order valence-corrected chi connectivity index (χ2v) is 9.84. The molecule has 2 heterocycles. The molecule has 4 rings (SSSR count). The Morgan fingerprint density at radius 3 is 2.42 bits per heavy atom. The Kier molecular flexibility index (Phi) is 6.46. The smallest absolute Gasteiger partial charge is 0.331 e. The molecular formula is C21H23N5O6S. The van der Waals surface area contributed by atoms with Crippen molar-refractivity contribution < 1.29 is 17.9 Å². The molecule has 1 saturated carbocycles. The van der Waals surface area contributed by atoms with E-state index in [1.807, 2.05) is 0 Å². The van der Waals surface area contributed by atoms with Gasteiger partial charge in [-0.1, -0.05) is 12.1 Å². The molecule has 2 aliphatic rings. The molecule has 1 amide bonds. The summed E-state index contributed by atoms with van der Waals surface area (Å²) in [5, 5.41) is 11.8. The monoisotopic (exact) mass is 473 g/mol. The molecule has 11 nitrogen and oxygen atoms in total. The van der Waals surface area contributed by atoms with E-state index in [0.717, 1.165) is 17.4 Å². The molecule has 2 aromatic rings. The van der Waals surface area contributed by atoms with Crippen molar-refractivity contribution in [3.8, 4) is 6.07 Å². The predicted octanol–water partition coefficient (Wildman–Crippen LogP) is -0.446. The molecule has 33 heavy (non-hydrogen) atoms.